The molecule has 0 radical (unpaired) electrons. The van der Waals surface area contributed by atoms with Crippen molar-refractivity contribution in [3.63, 3.8) is 0 Å². The van der Waals surface area contributed by atoms with E-state index in [0.29, 0.717) is 40.4 Å². The molecule has 0 unspecified atom stereocenters. The number of nitrogens with one attached hydrogen (secondary N) is 1. The van der Waals surface area contributed by atoms with Gasteiger partial charge >= 0.3 is 6.09 Å². The standard InChI is InChI=1S/C25H26N6O4/c1-3-6-17(21(26)32)7-4-12-27-15-35-25(34)31-20-16(2)11-14-29-23(20)30(18-9-10-18)22-19(24(31)33)8-5-13-28-22/h4-8,11-14,18H,3,9-10,15H2,1-2H3,(H2,26,32)/p+1/b7-4-,17-6+,27-12+. The summed E-state index contributed by atoms with van der Waals surface area (Å²) in [6, 6.07) is 5.23. The predicted molar refractivity (Wildman–Crippen MR) is 130 cm³/mol. The summed E-state index contributed by atoms with van der Waals surface area (Å²) in [5, 5.41) is 0. The summed E-state index contributed by atoms with van der Waals surface area (Å²) in [6.07, 6.45) is 11.4. The van der Waals surface area contributed by atoms with Gasteiger partial charge < -0.3 is 15.4 Å². The Morgan fingerprint density at radius 3 is 2.71 bits per heavy atom. The van der Waals surface area contributed by atoms with E-state index in [9.17, 15) is 14.4 Å². The molecule has 0 saturated heterocycles. The summed E-state index contributed by atoms with van der Waals surface area (Å²) in [5.41, 5.74) is 7.09. The maximum Gasteiger partial charge on any atom is 0.426 e. The van der Waals surface area contributed by atoms with Gasteiger partial charge in [0.1, 0.15) is 11.5 Å². The molecule has 3 heterocycles. The van der Waals surface area contributed by atoms with Gasteiger partial charge in [-0.3, -0.25) is 9.59 Å². The number of fused-ring (bicyclic) bond motifs is 2. The minimum absolute atomic E-state index is 0.163. The first-order chi connectivity index (χ1) is 16.9. The van der Waals surface area contributed by atoms with E-state index in [1.165, 1.54) is 6.21 Å². The molecule has 180 valence electrons. The fourth-order valence-electron chi connectivity index (χ4n) is 3.83. The second-order valence-corrected chi connectivity index (χ2v) is 8.13. The van der Waals surface area contributed by atoms with Crippen molar-refractivity contribution in [1.29, 1.82) is 0 Å². The number of ether oxygens (including phenoxy) is 1. The number of carbonyl (C=O) groups is 3. The summed E-state index contributed by atoms with van der Waals surface area (Å²) >= 11 is 0. The number of hydrogen-bond donors (Lipinski definition) is 2. The quantitative estimate of drug-likeness (QED) is 0.269. The predicted octanol–water partition coefficient (Wildman–Crippen LogP) is 1.67. The van der Waals surface area contributed by atoms with Gasteiger partial charge in [0, 0.05) is 30.1 Å². The van der Waals surface area contributed by atoms with Gasteiger partial charge in [-0.2, -0.15) is 0 Å². The van der Waals surface area contributed by atoms with E-state index in [4.69, 9.17) is 10.5 Å². The summed E-state index contributed by atoms with van der Waals surface area (Å²) in [5.74, 6) is -0.0745. The van der Waals surface area contributed by atoms with Crippen LogP contribution in [-0.2, 0) is 9.53 Å². The topological polar surface area (TPSA) is 133 Å². The largest absolute Gasteiger partial charge is 0.426 e. The molecule has 3 amide bonds. The Balaban J connectivity index is 1.59. The normalized spacial score (nSPS) is 15.8. The highest BCUT2D eigenvalue weighted by Gasteiger charge is 2.43. The molecule has 1 fully saturated rings. The van der Waals surface area contributed by atoms with Gasteiger partial charge in [-0.25, -0.2) is 24.7 Å². The van der Waals surface area contributed by atoms with Gasteiger partial charge in [0.25, 0.3) is 12.6 Å². The van der Waals surface area contributed by atoms with Crippen LogP contribution in [0.2, 0.25) is 0 Å². The van der Waals surface area contributed by atoms with Crippen LogP contribution in [0.15, 0.2) is 54.4 Å². The van der Waals surface area contributed by atoms with Gasteiger partial charge in [-0.15, -0.1) is 0 Å². The van der Waals surface area contributed by atoms with Crippen molar-refractivity contribution < 1.29 is 24.1 Å². The Morgan fingerprint density at radius 1 is 1.23 bits per heavy atom. The molecule has 2 aliphatic rings. The lowest BCUT2D eigenvalue weighted by Crippen LogP contribution is -2.70. The van der Waals surface area contributed by atoms with Gasteiger partial charge in [0.2, 0.25) is 5.91 Å². The molecule has 1 aliphatic heterocycles. The number of hydrogen-bond acceptors (Lipinski definition) is 7. The molecule has 2 aromatic heterocycles. The van der Waals surface area contributed by atoms with Crippen LogP contribution < -0.4 is 20.5 Å². The van der Waals surface area contributed by atoms with Crippen molar-refractivity contribution in [2.45, 2.75) is 39.2 Å². The number of rotatable bonds is 7. The summed E-state index contributed by atoms with van der Waals surface area (Å²) in [6.45, 7) is 3.52. The molecule has 35 heavy (non-hydrogen) atoms. The average Bonchev–Trinajstić information content (AvgIpc) is 3.68. The molecular weight excluding hydrogens is 448 g/mol. The van der Waals surface area contributed by atoms with E-state index >= 15 is 0 Å². The molecular formula is C25H27N6O4+. The number of pyridine rings is 2. The minimum atomic E-state index is -0.839. The van der Waals surface area contributed by atoms with Crippen molar-refractivity contribution in [3.05, 3.63) is 65.5 Å². The fourth-order valence-corrected chi connectivity index (χ4v) is 3.83. The lowest BCUT2D eigenvalue weighted by atomic mass is 10.2. The number of anilines is 3. The average molecular weight is 476 g/mol. The monoisotopic (exact) mass is 475 g/mol. The zero-order valence-corrected chi connectivity index (χ0v) is 19.6. The lowest BCUT2D eigenvalue weighted by Gasteiger charge is -2.25. The van der Waals surface area contributed by atoms with Crippen LogP contribution in [0.5, 0.6) is 0 Å². The number of carbonyl (C=O) groups excluding carboxylic acids is 3. The van der Waals surface area contributed by atoms with E-state index in [1.807, 2.05) is 18.7 Å². The second kappa shape index (κ2) is 10.3. The first kappa shape index (κ1) is 23.8. The highest BCUT2D eigenvalue weighted by molar-refractivity contribution is 6.24. The number of amides is 3. The highest BCUT2D eigenvalue weighted by atomic mass is 16.6. The van der Waals surface area contributed by atoms with Crippen molar-refractivity contribution in [1.82, 2.24) is 9.97 Å². The zero-order valence-electron chi connectivity index (χ0n) is 19.6. The van der Waals surface area contributed by atoms with Crippen LogP contribution in [0.3, 0.4) is 0 Å². The number of aryl methyl sites for hydroxylation is 1. The van der Waals surface area contributed by atoms with Crippen LogP contribution in [0.1, 0.15) is 42.1 Å². The molecule has 10 nitrogen and oxygen atoms in total. The van der Waals surface area contributed by atoms with E-state index in [1.54, 1.807) is 48.8 Å². The van der Waals surface area contributed by atoms with Crippen molar-refractivity contribution >= 4 is 41.4 Å². The van der Waals surface area contributed by atoms with E-state index in [2.05, 4.69) is 15.0 Å². The van der Waals surface area contributed by atoms with Crippen LogP contribution in [0.4, 0.5) is 22.1 Å². The van der Waals surface area contributed by atoms with Crippen LogP contribution >= 0.6 is 0 Å². The van der Waals surface area contributed by atoms with Crippen LogP contribution in [0.25, 0.3) is 0 Å². The fraction of sp³-hybridized carbons (Fsp3) is 0.280. The molecule has 10 heteroatoms. The van der Waals surface area contributed by atoms with Gasteiger partial charge in [-0.05, 0) is 56.0 Å². The van der Waals surface area contributed by atoms with Crippen molar-refractivity contribution in [2.75, 3.05) is 16.5 Å². The maximum absolute atomic E-state index is 13.6. The molecule has 0 spiro atoms. The smallest absolute Gasteiger partial charge is 0.388 e. The lowest BCUT2D eigenvalue weighted by molar-refractivity contribution is -0.493. The SMILES string of the molecule is CC\C=C(/C=C\C=[NH+]\COC(=O)N1C(=O)c2cccnc2N(C2CC2)c2nccc(C)c21)C(N)=O. The number of aromatic nitrogens is 2. The number of allylic oxidation sites excluding steroid dienone is 2. The molecule has 0 aromatic carbocycles. The Hall–Kier alpha value is -4.34. The third-order valence-corrected chi connectivity index (χ3v) is 5.58. The second-order valence-electron chi connectivity index (χ2n) is 8.13. The Labute approximate surface area is 202 Å². The maximum atomic E-state index is 13.6. The van der Waals surface area contributed by atoms with E-state index in [-0.39, 0.29) is 12.8 Å². The van der Waals surface area contributed by atoms with Gasteiger partial charge in [0.15, 0.2) is 12.0 Å². The summed E-state index contributed by atoms with van der Waals surface area (Å²) in [4.78, 5) is 52.8. The van der Waals surface area contributed by atoms with E-state index < -0.39 is 17.9 Å². The number of imide groups is 1. The third kappa shape index (κ3) is 4.96. The minimum Gasteiger partial charge on any atom is -0.388 e. The Morgan fingerprint density at radius 2 is 2.00 bits per heavy atom. The summed E-state index contributed by atoms with van der Waals surface area (Å²) in [7, 11) is 0. The highest BCUT2D eigenvalue weighted by Crippen LogP contribution is 2.45. The van der Waals surface area contributed by atoms with Crippen molar-refractivity contribution in [2.24, 2.45) is 5.73 Å². The van der Waals surface area contributed by atoms with Gasteiger partial charge in [-0.1, -0.05) is 13.0 Å². The number of nitrogens with zero attached hydrogens (tertiary/aromatic N) is 4. The Kier molecular flexibility index (Phi) is 7.00. The zero-order chi connectivity index (χ0) is 24.9. The molecule has 0 atom stereocenters. The van der Waals surface area contributed by atoms with Gasteiger partial charge in [0.05, 0.1) is 5.56 Å². The molecule has 1 saturated carbocycles. The number of primary amides is 1. The molecule has 3 N–H and O–H groups in total. The molecule has 0 bridgehead atoms. The first-order valence-electron chi connectivity index (χ1n) is 11.4. The third-order valence-electron chi connectivity index (χ3n) is 5.58. The number of nitrogens with two attached hydrogens (primary N) is 1. The Bertz CT molecular complexity index is 1250. The van der Waals surface area contributed by atoms with Crippen LogP contribution in [-0.4, -0.2) is 46.9 Å². The molecule has 4 rings (SSSR count). The van der Waals surface area contributed by atoms with E-state index in [0.717, 1.165) is 17.7 Å². The summed E-state index contributed by atoms with van der Waals surface area (Å²) < 4.78 is 5.36. The van der Waals surface area contributed by atoms with Crippen molar-refractivity contribution in [3.8, 4) is 0 Å². The molecule has 2 aromatic rings. The van der Waals surface area contributed by atoms with Crippen LogP contribution in [0, 0.1) is 6.92 Å². The first-order valence-corrected chi connectivity index (χ1v) is 11.4. The molecule has 1 aliphatic carbocycles.